The third-order valence-corrected chi connectivity index (χ3v) is 2.82. The van der Waals surface area contributed by atoms with Crippen LogP contribution in [0.25, 0.3) is 0 Å². The molecule has 0 saturated heterocycles. The minimum Gasteiger partial charge on any atom is -0.488 e. The van der Waals surface area contributed by atoms with Gasteiger partial charge in [-0.05, 0) is 59.2 Å². The van der Waals surface area contributed by atoms with Crippen LogP contribution in [0.3, 0.4) is 0 Å². The highest BCUT2D eigenvalue weighted by molar-refractivity contribution is 5.81. The number of nitrogens with one attached hydrogen (secondary N) is 1. The average molecular weight is 335 g/mol. The first kappa shape index (κ1) is 20.0. The summed E-state index contributed by atoms with van der Waals surface area (Å²) in [6, 6.07) is 7.51. The monoisotopic (exact) mass is 335 g/mol. The lowest BCUT2D eigenvalue weighted by Crippen LogP contribution is -2.33. The fraction of sp³-hybridized carbons (Fsp3) is 0.579. The molecule has 1 rings (SSSR count). The van der Waals surface area contributed by atoms with Crippen molar-refractivity contribution < 1.29 is 19.1 Å². The predicted octanol–water partition coefficient (Wildman–Crippen LogP) is 3.89. The van der Waals surface area contributed by atoms with Crippen molar-refractivity contribution in [2.24, 2.45) is 0 Å². The largest absolute Gasteiger partial charge is 0.488 e. The van der Waals surface area contributed by atoms with E-state index in [0.717, 1.165) is 11.3 Å². The van der Waals surface area contributed by atoms with E-state index in [9.17, 15) is 9.59 Å². The summed E-state index contributed by atoms with van der Waals surface area (Å²) in [6.07, 6.45) is 0.115. The highest BCUT2D eigenvalue weighted by atomic mass is 16.6. The van der Waals surface area contributed by atoms with E-state index < -0.39 is 11.7 Å². The van der Waals surface area contributed by atoms with E-state index >= 15 is 0 Å². The first-order chi connectivity index (χ1) is 10.9. The molecule has 0 heterocycles. The van der Waals surface area contributed by atoms with E-state index in [-0.39, 0.29) is 24.3 Å². The van der Waals surface area contributed by atoms with Crippen molar-refractivity contribution in [3.63, 3.8) is 0 Å². The van der Waals surface area contributed by atoms with Crippen LogP contribution in [-0.4, -0.2) is 29.6 Å². The summed E-state index contributed by atoms with van der Waals surface area (Å²) in [7, 11) is 0. The van der Waals surface area contributed by atoms with E-state index in [1.807, 2.05) is 45.0 Å². The normalized spacial score (nSPS) is 11.8. The Bertz CT molecular complexity index is 550. The molecule has 0 unspecified atom stereocenters. The molecular formula is C19H29NO4. The van der Waals surface area contributed by atoms with Crippen LogP contribution < -0.4 is 10.1 Å². The minimum absolute atomic E-state index is 0.0653. The van der Waals surface area contributed by atoms with E-state index in [1.165, 1.54) is 0 Å². The van der Waals surface area contributed by atoms with Crippen molar-refractivity contribution in [1.82, 2.24) is 5.32 Å². The third-order valence-electron chi connectivity index (χ3n) is 2.82. The van der Waals surface area contributed by atoms with Crippen molar-refractivity contribution >= 4 is 11.9 Å². The molecule has 0 aromatic heterocycles. The first-order valence-electron chi connectivity index (χ1n) is 8.21. The molecule has 5 heteroatoms. The van der Waals surface area contributed by atoms with E-state index in [0.29, 0.717) is 6.42 Å². The zero-order valence-electron chi connectivity index (χ0n) is 15.6. The standard InChI is InChI=1S/C19H29NO4/c1-18(2,3)23-16-9-7-14(8-10-16)13-15(21)11-12-20-17(22)24-19(4,5)6/h7-10H,11-13H2,1-6H3,(H,20,22). The van der Waals surface area contributed by atoms with Gasteiger partial charge < -0.3 is 14.8 Å². The maximum absolute atomic E-state index is 12.0. The second-order valence-electron chi connectivity index (χ2n) is 7.75. The van der Waals surface area contributed by atoms with Gasteiger partial charge in [-0.2, -0.15) is 0 Å². The van der Waals surface area contributed by atoms with Crippen molar-refractivity contribution in [3.8, 4) is 5.75 Å². The van der Waals surface area contributed by atoms with Crippen LogP contribution in [-0.2, 0) is 16.0 Å². The molecule has 0 atom stereocenters. The number of hydrogen-bond donors (Lipinski definition) is 1. The number of rotatable bonds is 6. The van der Waals surface area contributed by atoms with Gasteiger partial charge in [-0.1, -0.05) is 12.1 Å². The molecule has 1 aromatic carbocycles. The Morgan fingerprint density at radius 1 is 0.958 bits per heavy atom. The van der Waals surface area contributed by atoms with E-state index in [1.54, 1.807) is 20.8 Å². The minimum atomic E-state index is -0.537. The topological polar surface area (TPSA) is 64.6 Å². The number of amides is 1. The molecule has 5 nitrogen and oxygen atoms in total. The van der Waals surface area contributed by atoms with Crippen LogP contribution in [0.5, 0.6) is 5.75 Å². The van der Waals surface area contributed by atoms with Gasteiger partial charge in [0.05, 0.1) is 0 Å². The van der Waals surface area contributed by atoms with Crippen LogP contribution in [0.4, 0.5) is 4.79 Å². The maximum atomic E-state index is 12.0. The maximum Gasteiger partial charge on any atom is 0.407 e. The molecule has 1 N–H and O–H groups in total. The number of Topliss-reactive ketones (excluding diaryl/α,β-unsaturated/α-hetero) is 1. The third kappa shape index (κ3) is 9.18. The second-order valence-corrected chi connectivity index (χ2v) is 7.75. The summed E-state index contributed by atoms with van der Waals surface area (Å²) in [5.41, 5.74) is 0.147. The Morgan fingerprint density at radius 2 is 1.54 bits per heavy atom. The fourth-order valence-corrected chi connectivity index (χ4v) is 1.96. The van der Waals surface area contributed by atoms with E-state index in [2.05, 4.69) is 5.32 Å². The zero-order chi connectivity index (χ0) is 18.4. The van der Waals surface area contributed by atoms with Crippen molar-refractivity contribution in [1.29, 1.82) is 0 Å². The van der Waals surface area contributed by atoms with Crippen LogP contribution in [0, 0.1) is 0 Å². The molecule has 1 amide bonds. The number of carbonyl (C=O) groups excluding carboxylic acids is 2. The predicted molar refractivity (Wildman–Crippen MR) is 94.4 cm³/mol. The summed E-state index contributed by atoms with van der Waals surface area (Å²) < 4.78 is 10.9. The molecule has 0 bridgehead atoms. The SMILES string of the molecule is CC(C)(C)OC(=O)NCCC(=O)Cc1ccc(OC(C)(C)C)cc1. The summed E-state index contributed by atoms with van der Waals surface area (Å²) in [5, 5.41) is 2.59. The van der Waals surface area contributed by atoms with Crippen molar-refractivity contribution in [2.75, 3.05) is 6.54 Å². The Labute approximate surface area is 144 Å². The van der Waals surface area contributed by atoms with Gasteiger partial charge in [0.15, 0.2) is 0 Å². The lowest BCUT2D eigenvalue weighted by Gasteiger charge is -2.21. The van der Waals surface area contributed by atoms with Crippen LogP contribution in [0.2, 0.25) is 0 Å². The van der Waals surface area contributed by atoms with Gasteiger partial charge in [0.2, 0.25) is 0 Å². The molecule has 0 aliphatic heterocycles. The van der Waals surface area contributed by atoms with Gasteiger partial charge in [-0.25, -0.2) is 4.79 Å². The van der Waals surface area contributed by atoms with Crippen LogP contribution >= 0.6 is 0 Å². The van der Waals surface area contributed by atoms with Gasteiger partial charge in [-0.3, -0.25) is 4.79 Å². The lowest BCUT2D eigenvalue weighted by molar-refractivity contribution is -0.118. The zero-order valence-corrected chi connectivity index (χ0v) is 15.6. The summed E-state index contributed by atoms with van der Waals surface area (Å²) >= 11 is 0. The number of benzene rings is 1. The molecule has 134 valence electrons. The summed E-state index contributed by atoms with van der Waals surface area (Å²) in [6.45, 7) is 11.6. The lowest BCUT2D eigenvalue weighted by atomic mass is 10.1. The molecule has 0 spiro atoms. The highest BCUT2D eigenvalue weighted by Crippen LogP contribution is 2.18. The van der Waals surface area contributed by atoms with Crippen molar-refractivity contribution in [2.45, 2.75) is 65.6 Å². The van der Waals surface area contributed by atoms with Gasteiger partial charge in [0.1, 0.15) is 22.7 Å². The van der Waals surface area contributed by atoms with Crippen LogP contribution in [0.1, 0.15) is 53.5 Å². The van der Waals surface area contributed by atoms with Gasteiger partial charge >= 0.3 is 6.09 Å². The number of ketones is 1. The number of carbonyl (C=O) groups is 2. The molecule has 0 fully saturated rings. The highest BCUT2D eigenvalue weighted by Gasteiger charge is 2.16. The Hall–Kier alpha value is -2.04. The second kappa shape index (κ2) is 8.18. The Morgan fingerprint density at radius 3 is 2.04 bits per heavy atom. The molecule has 24 heavy (non-hydrogen) atoms. The number of ether oxygens (including phenoxy) is 2. The average Bonchev–Trinajstić information content (AvgIpc) is 2.37. The number of alkyl carbamates (subject to hydrolysis) is 1. The molecule has 0 aliphatic carbocycles. The quantitative estimate of drug-likeness (QED) is 0.856. The molecule has 1 aromatic rings. The fourth-order valence-electron chi connectivity index (χ4n) is 1.96. The van der Waals surface area contributed by atoms with Gasteiger partial charge in [0.25, 0.3) is 0 Å². The number of hydrogen-bond acceptors (Lipinski definition) is 4. The molecular weight excluding hydrogens is 306 g/mol. The van der Waals surface area contributed by atoms with Crippen molar-refractivity contribution in [3.05, 3.63) is 29.8 Å². The van der Waals surface area contributed by atoms with Crippen LogP contribution in [0.15, 0.2) is 24.3 Å². The first-order valence-corrected chi connectivity index (χ1v) is 8.21. The molecule has 0 saturated carbocycles. The smallest absolute Gasteiger partial charge is 0.407 e. The van der Waals surface area contributed by atoms with Gasteiger partial charge in [-0.15, -0.1) is 0 Å². The Balaban J connectivity index is 2.36. The van der Waals surface area contributed by atoms with E-state index in [4.69, 9.17) is 9.47 Å². The molecule has 0 aliphatic rings. The summed E-state index contributed by atoms with van der Waals surface area (Å²) in [5.74, 6) is 0.848. The van der Waals surface area contributed by atoms with Gasteiger partial charge in [0, 0.05) is 19.4 Å². The molecule has 0 radical (unpaired) electrons. The summed E-state index contributed by atoms with van der Waals surface area (Å²) in [4.78, 5) is 23.5. The Kier molecular flexibility index (Phi) is 6.81.